The van der Waals surface area contributed by atoms with Gasteiger partial charge in [-0.3, -0.25) is 0 Å². The first-order valence-corrected chi connectivity index (χ1v) is 8.15. The van der Waals surface area contributed by atoms with Crippen LogP contribution in [0.4, 0.5) is 0 Å². The lowest BCUT2D eigenvalue weighted by molar-refractivity contribution is 1.76. The van der Waals surface area contributed by atoms with Gasteiger partial charge in [-0.25, -0.2) is 0 Å². The number of fused-ring (bicyclic) bond motifs is 3. The van der Waals surface area contributed by atoms with Gasteiger partial charge in [-0.15, -0.1) is 0 Å². The van der Waals surface area contributed by atoms with Gasteiger partial charge in [0.25, 0.3) is 0 Å². The van der Waals surface area contributed by atoms with E-state index in [1.807, 2.05) is 30.3 Å². The minimum atomic E-state index is 0.550. The summed E-state index contributed by atoms with van der Waals surface area (Å²) in [5, 5.41) is 8.22. The van der Waals surface area contributed by atoms with E-state index < -0.39 is 0 Å². The monoisotopic (exact) mass is 364 g/mol. The van der Waals surface area contributed by atoms with Crippen molar-refractivity contribution in [1.29, 1.82) is 0 Å². The van der Waals surface area contributed by atoms with Crippen LogP contribution in [0.3, 0.4) is 0 Å². The Labute approximate surface area is 147 Å². The van der Waals surface area contributed by atoms with E-state index in [1.165, 1.54) is 0 Å². The molecule has 0 bridgehead atoms. The molecule has 0 saturated heterocycles. The van der Waals surface area contributed by atoms with E-state index in [-0.39, 0.29) is 0 Å². The molecule has 0 saturated carbocycles. The van der Waals surface area contributed by atoms with Crippen LogP contribution in [-0.4, -0.2) is 0 Å². The molecule has 0 spiro atoms. The van der Waals surface area contributed by atoms with Gasteiger partial charge >= 0.3 is 0 Å². The molecule has 0 heterocycles. The van der Waals surface area contributed by atoms with Crippen LogP contribution in [0.2, 0.25) is 20.1 Å². The van der Waals surface area contributed by atoms with Gasteiger partial charge < -0.3 is 0 Å². The van der Waals surface area contributed by atoms with E-state index in [9.17, 15) is 0 Å². The second-order valence-electron chi connectivity index (χ2n) is 5.21. The second-order valence-corrected chi connectivity index (χ2v) is 6.84. The molecule has 4 aromatic rings. The number of halogens is 4. The Bertz CT molecular complexity index is 1070. The molecule has 108 valence electrons. The number of hydrogen-bond donors (Lipinski definition) is 0. The third-order valence-electron chi connectivity index (χ3n) is 3.85. The second kappa shape index (κ2) is 5.18. The molecule has 4 rings (SSSR count). The zero-order chi connectivity index (χ0) is 15.4. The summed E-state index contributed by atoms with van der Waals surface area (Å²) in [5.74, 6) is 0. The lowest BCUT2D eigenvalue weighted by atomic mass is 9.99. The van der Waals surface area contributed by atoms with Crippen molar-refractivity contribution in [3.8, 4) is 0 Å². The van der Waals surface area contributed by atoms with E-state index in [0.29, 0.717) is 20.1 Å². The number of benzene rings is 4. The van der Waals surface area contributed by atoms with Crippen LogP contribution in [0.1, 0.15) is 0 Å². The molecule has 22 heavy (non-hydrogen) atoms. The highest BCUT2D eigenvalue weighted by Gasteiger charge is 2.12. The van der Waals surface area contributed by atoms with Crippen molar-refractivity contribution >= 4 is 78.7 Å². The van der Waals surface area contributed by atoms with Crippen LogP contribution in [-0.2, 0) is 0 Å². The number of rotatable bonds is 0. The first-order valence-electron chi connectivity index (χ1n) is 6.64. The first-order chi connectivity index (χ1) is 10.5. The van der Waals surface area contributed by atoms with E-state index >= 15 is 0 Å². The molecule has 0 unspecified atom stereocenters. The summed E-state index contributed by atoms with van der Waals surface area (Å²) in [7, 11) is 0. The zero-order valence-corrected chi connectivity index (χ0v) is 14.2. The summed E-state index contributed by atoms with van der Waals surface area (Å²) in [6, 6.07) is 15.6. The summed E-state index contributed by atoms with van der Waals surface area (Å²) < 4.78 is 0. The Kier molecular flexibility index (Phi) is 3.39. The summed E-state index contributed by atoms with van der Waals surface area (Å²) in [5.41, 5.74) is 0. The molecular formula is C18H8Cl4. The normalized spacial score (nSPS) is 11.6. The van der Waals surface area contributed by atoms with Crippen molar-refractivity contribution in [2.75, 3.05) is 0 Å². The fraction of sp³-hybridized carbons (Fsp3) is 0. The average molecular weight is 366 g/mol. The van der Waals surface area contributed by atoms with Crippen molar-refractivity contribution in [3.05, 3.63) is 68.6 Å². The largest absolute Gasteiger partial charge is 0.0843 e. The van der Waals surface area contributed by atoms with Crippen LogP contribution in [0.15, 0.2) is 48.5 Å². The maximum absolute atomic E-state index is 6.61. The van der Waals surface area contributed by atoms with Gasteiger partial charge in [0.15, 0.2) is 0 Å². The summed E-state index contributed by atoms with van der Waals surface area (Å²) in [6.45, 7) is 0. The van der Waals surface area contributed by atoms with Crippen molar-refractivity contribution in [2.45, 2.75) is 0 Å². The van der Waals surface area contributed by atoms with Crippen molar-refractivity contribution in [3.63, 3.8) is 0 Å². The topological polar surface area (TPSA) is 0 Å². The zero-order valence-electron chi connectivity index (χ0n) is 11.1. The predicted molar refractivity (Wildman–Crippen MR) is 99.0 cm³/mol. The molecular weight excluding hydrogens is 358 g/mol. The minimum absolute atomic E-state index is 0.550. The van der Waals surface area contributed by atoms with Gasteiger partial charge in [0.1, 0.15) is 0 Å². The smallest absolute Gasteiger partial charge is 0.0578 e. The molecule has 0 aromatic heterocycles. The fourth-order valence-corrected chi connectivity index (χ4v) is 4.12. The van der Waals surface area contributed by atoms with Crippen LogP contribution < -0.4 is 0 Å². The molecule has 0 N–H and O–H groups in total. The summed E-state index contributed by atoms with van der Waals surface area (Å²) in [4.78, 5) is 0. The van der Waals surface area contributed by atoms with Crippen LogP contribution in [0.25, 0.3) is 32.3 Å². The molecule has 0 aliphatic rings. The molecule has 0 amide bonds. The van der Waals surface area contributed by atoms with Crippen molar-refractivity contribution in [1.82, 2.24) is 0 Å². The number of hydrogen-bond acceptors (Lipinski definition) is 0. The van der Waals surface area contributed by atoms with Crippen molar-refractivity contribution in [2.24, 2.45) is 0 Å². The Hall–Kier alpha value is -1.18. The Morgan fingerprint density at radius 2 is 1.36 bits per heavy atom. The highest BCUT2D eigenvalue weighted by atomic mass is 35.5. The van der Waals surface area contributed by atoms with Gasteiger partial charge in [0.05, 0.1) is 10.0 Å². The molecule has 4 heteroatoms. The standard InChI is InChI=1S/C18H8Cl4/c19-12-6-11-5-10-4-9-2-1-3-15(20)13(9)8-14(10)18(22)17(11)16(21)7-12/h1-8H. The highest BCUT2D eigenvalue weighted by molar-refractivity contribution is 6.47. The van der Waals surface area contributed by atoms with Crippen LogP contribution in [0.5, 0.6) is 0 Å². The van der Waals surface area contributed by atoms with Gasteiger partial charge in [0.2, 0.25) is 0 Å². The van der Waals surface area contributed by atoms with Gasteiger partial charge in [-0.2, -0.15) is 0 Å². The minimum Gasteiger partial charge on any atom is -0.0843 e. The molecule has 4 aromatic carbocycles. The van der Waals surface area contributed by atoms with Gasteiger partial charge in [-0.1, -0.05) is 58.5 Å². The molecule has 0 atom stereocenters. The van der Waals surface area contributed by atoms with Crippen LogP contribution in [0, 0.1) is 0 Å². The molecule has 0 fully saturated rings. The van der Waals surface area contributed by atoms with Crippen LogP contribution >= 0.6 is 46.4 Å². The summed E-state index contributed by atoms with van der Waals surface area (Å²) >= 11 is 25.3. The first kappa shape index (κ1) is 14.4. The van der Waals surface area contributed by atoms with Gasteiger partial charge in [0, 0.05) is 26.2 Å². The lowest BCUT2D eigenvalue weighted by Crippen LogP contribution is -1.83. The van der Waals surface area contributed by atoms with Crippen molar-refractivity contribution < 1.29 is 0 Å². The predicted octanol–water partition coefficient (Wildman–Crippen LogP) is 7.76. The maximum Gasteiger partial charge on any atom is 0.0578 e. The van der Waals surface area contributed by atoms with E-state index in [4.69, 9.17) is 46.4 Å². The SMILES string of the molecule is Clc1cc(Cl)c2c(Cl)c3cc4c(Cl)cccc4cc3cc2c1. The average Bonchev–Trinajstić information content (AvgIpc) is 2.45. The molecule has 0 nitrogen and oxygen atoms in total. The van der Waals surface area contributed by atoms with Gasteiger partial charge in [-0.05, 0) is 52.6 Å². The molecule has 0 radical (unpaired) electrons. The highest BCUT2D eigenvalue weighted by Crippen LogP contribution is 2.40. The lowest BCUT2D eigenvalue weighted by Gasteiger charge is -2.10. The van der Waals surface area contributed by atoms with E-state index in [2.05, 4.69) is 12.1 Å². The third-order valence-corrected chi connectivity index (χ3v) is 5.09. The molecule has 0 aliphatic heterocycles. The Morgan fingerprint density at radius 1 is 0.591 bits per heavy atom. The van der Waals surface area contributed by atoms with E-state index in [1.54, 1.807) is 6.07 Å². The maximum atomic E-state index is 6.61. The quantitative estimate of drug-likeness (QED) is 0.279. The summed E-state index contributed by atoms with van der Waals surface area (Å²) in [6.07, 6.45) is 0. The third kappa shape index (κ3) is 2.14. The Morgan fingerprint density at radius 3 is 2.18 bits per heavy atom. The molecule has 0 aliphatic carbocycles. The Balaban J connectivity index is 2.25. The fourth-order valence-electron chi connectivity index (χ4n) is 2.86. The van der Waals surface area contributed by atoms with E-state index in [0.717, 1.165) is 32.3 Å².